The molecule has 0 saturated heterocycles. The maximum atomic E-state index is 10.4. The standard InChI is InChI=1S/C7H14O4/c1-3-10-5-6(7(8)9)11-4-2/h6H,3-5H2,1-2H3,(H,8,9)/t6-/m0/s1. The number of carboxylic acid groups (broad SMARTS) is 1. The van der Waals surface area contributed by atoms with E-state index in [0.29, 0.717) is 13.2 Å². The van der Waals surface area contributed by atoms with Crippen molar-refractivity contribution in [1.82, 2.24) is 0 Å². The van der Waals surface area contributed by atoms with Crippen molar-refractivity contribution in [2.75, 3.05) is 19.8 Å². The van der Waals surface area contributed by atoms with Gasteiger partial charge in [-0.1, -0.05) is 0 Å². The Morgan fingerprint density at radius 3 is 2.45 bits per heavy atom. The summed E-state index contributed by atoms with van der Waals surface area (Å²) in [5.74, 6) is -0.972. The van der Waals surface area contributed by atoms with E-state index in [1.807, 2.05) is 6.92 Å². The van der Waals surface area contributed by atoms with Gasteiger partial charge in [0.1, 0.15) is 0 Å². The Kier molecular flexibility index (Phi) is 5.78. The van der Waals surface area contributed by atoms with E-state index in [4.69, 9.17) is 14.6 Å². The van der Waals surface area contributed by atoms with Crippen LogP contribution in [0.15, 0.2) is 0 Å². The second kappa shape index (κ2) is 6.12. The third-order valence-electron chi connectivity index (χ3n) is 1.12. The highest BCUT2D eigenvalue weighted by Crippen LogP contribution is 1.93. The van der Waals surface area contributed by atoms with E-state index < -0.39 is 12.1 Å². The molecule has 0 heterocycles. The Bertz CT molecular complexity index is 113. The lowest BCUT2D eigenvalue weighted by molar-refractivity contribution is -0.154. The van der Waals surface area contributed by atoms with Gasteiger partial charge in [0.25, 0.3) is 0 Å². The van der Waals surface area contributed by atoms with Crippen LogP contribution in [0.3, 0.4) is 0 Å². The lowest BCUT2D eigenvalue weighted by Gasteiger charge is -2.11. The van der Waals surface area contributed by atoms with Crippen molar-refractivity contribution in [2.45, 2.75) is 20.0 Å². The second-order valence-electron chi connectivity index (χ2n) is 1.94. The van der Waals surface area contributed by atoms with E-state index in [1.165, 1.54) is 0 Å². The fraction of sp³-hybridized carbons (Fsp3) is 0.857. The molecule has 0 radical (unpaired) electrons. The molecule has 0 aliphatic heterocycles. The van der Waals surface area contributed by atoms with Crippen LogP contribution in [0.2, 0.25) is 0 Å². The molecule has 0 amide bonds. The first kappa shape index (κ1) is 10.4. The first-order valence-electron chi connectivity index (χ1n) is 3.64. The van der Waals surface area contributed by atoms with Crippen LogP contribution in [0, 0.1) is 0 Å². The van der Waals surface area contributed by atoms with Gasteiger partial charge in [-0.2, -0.15) is 0 Å². The van der Waals surface area contributed by atoms with Crippen molar-refractivity contribution >= 4 is 5.97 Å². The van der Waals surface area contributed by atoms with E-state index in [2.05, 4.69) is 0 Å². The summed E-state index contributed by atoms with van der Waals surface area (Å²) in [4.78, 5) is 10.4. The van der Waals surface area contributed by atoms with Crippen molar-refractivity contribution < 1.29 is 19.4 Å². The lowest BCUT2D eigenvalue weighted by atomic mass is 10.4. The maximum Gasteiger partial charge on any atom is 0.335 e. The normalized spacial score (nSPS) is 12.9. The van der Waals surface area contributed by atoms with E-state index in [1.54, 1.807) is 6.92 Å². The smallest absolute Gasteiger partial charge is 0.335 e. The molecule has 0 aromatic rings. The average Bonchev–Trinajstić information content (AvgIpc) is 1.97. The van der Waals surface area contributed by atoms with Gasteiger partial charge in [0.15, 0.2) is 6.10 Å². The summed E-state index contributed by atoms with van der Waals surface area (Å²) in [6.45, 7) is 4.59. The number of hydrogen-bond acceptors (Lipinski definition) is 3. The Labute approximate surface area is 66.1 Å². The van der Waals surface area contributed by atoms with Crippen LogP contribution in [0.25, 0.3) is 0 Å². The highest BCUT2D eigenvalue weighted by Gasteiger charge is 2.16. The summed E-state index contributed by atoms with van der Waals surface area (Å²) in [5, 5.41) is 8.53. The largest absolute Gasteiger partial charge is 0.479 e. The molecule has 0 spiro atoms. The third-order valence-corrected chi connectivity index (χ3v) is 1.12. The van der Waals surface area contributed by atoms with Gasteiger partial charge in [-0.05, 0) is 13.8 Å². The average molecular weight is 162 g/mol. The van der Waals surface area contributed by atoms with E-state index in [-0.39, 0.29) is 6.61 Å². The van der Waals surface area contributed by atoms with Crippen LogP contribution >= 0.6 is 0 Å². The Hall–Kier alpha value is -0.610. The minimum Gasteiger partial charge on any atom is -0.479 e. The Morgan fingerprint density at radius 1 is 1.45 bits per heavy atom. The zero-order chi connectivity index (χ0) is 8.69. The molecule has 4 heteroatoms. The fourth-order valence-electron chi connectivity index (χ4n) is 0.617. The topological polar surface area (TPSA) is 55.8 Å². The summed E-state index contributed by atoms with van der Waals surface area (Å²) in [6, 6.07) is 0. The molecule has 0 aromatic carbocycles. The van der Waals surface area contributed by atoms with E-state index in [0.717, 1.165) is 0 Å². The third kappa shape index (κ3) is 4.75. The van der Waals surface area contributed by atoms with Crippen LogP contribution in [-0.4, -0.2) is 37.0 Å². The van der Waals surface area contributed by atoms with Crippen molar-refractivity contribution in [3.63, 3.8) is 0 Å². The Balaban J connectivity index is 3.60. The number of ether oxygens (including phenoxy) is 2. The quantitative estimate of drug-likeness (QED) is 0.618. The number of rotatable bonds is 6. The molecule has 1 atom stereocenters. The van der Waals surface area contributed by atoms with Gasteiger partial charge in [-0.3, -0.25) is 0 Å². The van der Waals surface area contributed by atoms with Crippen LogP contribution in [-0.2, 0) is 14.3 Å². The molecule has 0 aromatic heterocycles. The fourth-order valence-corrected chi connectivity index (χ4v) is 0.617. The predicted molar refractivity (Wildman–Crippen MR) is 39.5 cm³/mol. The summed E-state index contributed by atoms with van der Waals surface area (Å²) < 4.78 is 9.78. The van der Waals surface area contributed by atoms with Gasteiger partial charge < -0.3 is 14.6 Å². The van der Waals surface area contributed by atoms with Crippen LogP contribution < -0.4 is 0 Å². The molecule has 0 saturated carbocycles. The highest BCUT2D eigenvalue weighted by molar-refractivity contribution is 5.72. The Morgan fingerprint density at radius 2 is 2.09 bits per heavy atom. The zero-order valence-electron chi connectivity index (χ0n) is 6.87. The monoisotopic (exact) mass is 162 g/mol. The molecular formula is C7H14O4. The zero-order valence-corrected chi connectivity index (χ0v) is 6.87. The minimum atomic E-state index is -0.972. The number of aliphatic carboxylic acids is 1. The molecule has 0 rings (SSSR count). The predicted octanol–water partition coefficient (Wildman–Crippen LogP) is 0.513. The number of carbonyl (C=O) groups is 1. The summed E-state index contributed by atoms with van der Waals surface area (Å²) in [6.07, 6.45) is -0.819. The minimum absolute atomic E-state index is 0.125. The van der Waals surface area contributed by atoms with Crippen molar-refractivity contribution in [3.8, 4) is 0 Å². The highest BCUT2D eigenvalue weighted by atomic mass is 16.5. The molecule has 11 heavy (non-hydrogen) atoms. The van der Waals surface area contributed by atoms with Crippen molar-refractivity contribution in [2.24, 2.45) is 0 Å². The number of hydrogen-bond donors (Lipinski definition) is 1. The van der Waals surface area contributed by atoms with E-state index >= 15 is 0 Å². The summed E-state index contributed by atoms with van der Waals surface area (Å²) in [5.41, 5.74) is 0. The molecule has 66 valence electrons. The molecule has 0 unspecified atom stereocenters. The van der Waals surface area contributed by atoms with Crippen LogP contribution in [0.5, 0.6) is 0 Å². The molecule has 1 N–H and O–H groups in total. The molecule has 4 nitrogen and oxygen atoms in total. The summed E-state index contributed by atoms with van der Waals surface area (Å²) >= 11 is 0. The van der Waals surface area contributed by atoms with Gasteiger partial charge in [0, 0.05) is 13.2 Å². The second-order valence-corrected chi connectivity index (χ2v) is 1.94. The molecule has 0 aliphatic rings. The van der Waals surface area contributed by atoms with Gasteiger partial charge in [0.05, 0.1) is 6.61 Å². The van der Waals surface area contributed by atoms with Crippen LogP contribution in [0.1, 0.15) is 13.8 Å². The van der Waals surface area contributed by atoms with Crippen molar-refractivity contribution in [1.29, 1.82) is 0 Å². The first-order valence-corrected chi connectivity index (χ1v) is 3.64. The van der Waals surface area contributed by atoms with Crippen LogP contribution in [0.4, 0.5) is 0 Å². The van der Waals surface area contributed by atoms with Gasteiger partial charge in [-0.15, -0.1) is 0 Å². The molecule has 0 aliphatic carbocycles. The SMILES string of the molecule is CCOC[C@H](OCC)C(=O)O. The van der Waals surface area contributed by atoms with Gasteiger partial charge in [0.2, 0.25) is 0 Å². The maximum absolute atomic E-state index is 10.4. The molecule has 0 bridgehead atoms. The van der Waals surface area contributed by atoms with Gasteiger partial charge >= 0.3 is 5.97 Å². The van der Waals surface area contributed by atoms with E-state index in [9.17, 15) is 4.79 Å². The molecular weight excluding hydrogens is 148 g/mol. The lowest BCUT2D eigenvalue weighted by Crippen LogP contribution is -2.29. The molecule has 0 fully saturated rings. The van der Waals surface area contributed by atoms with Crippen molar-refractivity contribution in [3.05, 3.63) is 0 Å². The number of carboxylic acids is 1. The van der Waals surface area contributed by atoms with Gasteiger partial charge in [-0.25, -0.2) is 4.79 Å². The summed E-state index contributed by atoms with van der Waals surface area (Å²) in [7, 11) is 0. The first-order chi connectivity index (χ1) is 5.22.